The van der Waals surface area contributed by atoms with Gasteiger partial charge in [-0.2, -0.15) is 0 Å². The second-order valence-corrected chi connectivity index (χ2v) is 8.85. The van der Waals surface area contributed by atoms with Crippen molar-refractivity contribution in [3.63, 3.8) is 0 Å². The molecule has 0 radical (unpaired) electrons. The van der Waals surface area contributed by atoms with E-state index in [0.717, 1.165) is 54.4 Å². The monoisotopic (exact) mass is 407 g/mol. The van der Waals surface area contributed by atoms with Crippen LogP contribution >= 0.6 is 22.7 Å². The highest BCUT2D eigenvalue weighted by Crippen LogP contribution is 2.39. The Kier molecular flexibility index (Phi) is 5.05. The summed E-state index contributed by atoms with van der Waals surface area (Å²) in [6.45, 7) is 5.45. The maximum Gasteiger partial charge on any atom is 0.151 e. The zero-order valence-electron chi connectivity index (χ0n) is 15.4. The van der Waals surface area contributed by atoms with Crippen molar-refractivity contribution >= 4 is 44.4 Å². The molecular weight excluding hydrogens is 386 g/mol. The van der Waals surface area contributed by atoms with Crippen LogP contribution in [0.15, 0.2) is 54.2 Å². The van der Waals surface area contributed by atoms with Gasteiger partial charge in [-0.3, -0.25) is 4.90 Å². The lowest BCUT2D eigenvalue weighted by atomic mass is 10.2. The van der Waals surface area contributed by atoms with E-state index in [0.29, 0.717) is 0 Å². The normalized spacial score (nSPS) is 15.1. The van der Waals surface area contributed by atoms with Crippen molar-refractivity contribution in [2.45, 2.75) is 6.54 Å². The van der Waals surface area contributed by atoms with Crippen LogP contribution in [-0.2, 0) is 6.54 Å². The lowest BCUT2D eigenvalue weighted by Gasteiger charge is -2.26. The molecule has 4 heterocycles. The van der Waals surface area contributed by atoms with Crippen molar-refractivity contribution in [1.29, 1.82) is 0 Å². The fraction of sp³-hybridized carbons (Fsp3) is 0.238. The summed E-state index contributed by atoms with van der Waals surface area (Å²) in [6, 6.07) is 14.7. The highest BCUT2D eigenvalue weighted by molar-refractivity contribution is 7.26. The summed E-state index contributed by atoms with van der Waals surface area (Å²) in [5, 5.41) is 9.12. The predicted molar refractivity (Wildman–Crippen MR) is 119 cm³/mol. The molecule has 1 aliphatic heterocycles. The van der Waals surface area contributed by atoms with E-state index in [4.69, 9.17) is 0 Å². The van der Waals surface area contributed by atoms with Crippen molar-refractivity contribution in [2.75, 3.05) is 31.5 Å². The van der Waals surface area contributed by atoms with Gasteiger partial charge in [0.05, 0.1) is 10.2 Å². The van der Waals surface area contributed by atoms with Crippen LogP contribution in [0.1, 0.15) is 5.56 Å². The molecule has 1 saturated heterocycles. The smallest absolute Gasteiger partial charge is 0.151 e. The van der Waals surface area contributed by atoms with E-state index in [1.54, 1.807) is 17.7 Å². The van der Waals surface area contributed by atoms with E-state index in [-0.39, 0.29) is 0 Å². The minimum atomic E-state index is 0.866. The predicted octanol–water partition coefficient (Wildman–Crippen LogP) is 4.57. The van der Waals surface area contributed by atoms with Crippen LogP contribution in [0.5, 0.6) is 0 Å². The van der Waals surface area contributed by atoms with Gasteiger partial charge < -0.3 is 10.6 Å². The van der Waals surface area contributed by atoms with Crippen LogP contribution in [0.4, 0.5) is 11.5 Å². The number of nitrogens with one attached hydrogen (secondary N) is 2. The zero-order chi connectivity index (χ0) is 18.8. The fourth-order valence-corrected chi connectivity index (χ4v) is 5.49. The first-order valence-electron chi connectivity index (χ1n) is 9.43. The minimum absolute atomic E-state index is 0.866. The zero-order valence-corrected chi connectivity index (χ0v) is 17.0. The van der Waals surface area contributed by atoms with Gasteiger partial charge in [0.25, 0.3) is 0 Å². The van der Waals surface area contributed by atoms with Gasteiger partial charge in [0.1, 0.15) is 6.33 Å². The Morgan fingerprint density at radius 1 is 1.04 bits per heavy atom. The molecule has 0 aliphatic carbocycles. The van der Waals surface area contributed by atoms with Gasteiger partial charge in [-0.1, -0.05) is 18.2 Å². The number of rotatable bonds is 5. The van der Waals surface area contributed by atoms with Gasteiger partial charge in [-0.15, -0.1) is 22.7 Å². The van der Waals surface area contributed by atoms with Crippen molar-refractivity contribution in [2.24, 2.45) is 0 Å². The average molecular weight is 408 g/mol. The Bertz CT molecular complexity index is 1070. The molecule has 1 fully saturated rings. The van der Waals surface area contributed by atoms with Gasteiger partial charge >= 0.3 is 0 Å². The first-order valence-corrected chi connectivity index (χ1v) is 11.1. The number of nitrogens with zero attached hydrogens (tertiary/aromatic N) is 3. The Balaban J connectivity index is 1.40. The fourth-order valence-electron chi connectivity index (χ4n) is 3.44. The van der Waals surface area contributed by atoms with Gasteiger partial charge in [-0.05, 0) is 35.2 Å². The summed E-state index contributed by atoms with van der Waals surface area (Å²) < 4.78 is 1.10. The lowest BCUT2D eigenvalue weighted by Crippen LogP contribution is -2.42. The molecule has 1 aromatic carbocycles. The summed E-state index contributed by atoms with van der Waals surface area (Å²) in [6.07, 6.45) is 1.63. The second kappa shape index (κ2) is 7.97. The molecular formula is C21H21N5S2. The van der Waals surface area contributed by atoms with Crippen molar-refractivity contribution in [3.8, 4) is 9.75 Å². The van der Waals surface area contributed by atoms with Crippen molar-refractivity contribution < 1.29 is 0 Å². The third-order valence-electron chi connectivity index (χ3n) is 4.86. The molecule has 5 rings (SSSR count). The Morgan fingerprint density at radius 3 is 2.75 bits per heavy atom. The van der Waals surface area contributed by atoms with Crippen LogP contribution in [-0.4, -0.2) is 41.0 Å². The molecule has 0 amide bonds. The standard InChI is InChI=1S/C21H21N5S2/c1-2-4-16(5-3-1)25-21-20-17(23-14-24-21)11-19(28-20)18-10-15(13-27-18)12-26-8-6-22-7-9-26/h1-5,10-11,13-14,22H,6-9,12H2,(H,23,24,25). The largest absolute Gasteiger partial charge is 0.339 e. The molecule has 0 unspecified atom stereocenters. The topological polar surface area (TPSA) is 53.1 Å². The minimum Gasteiger partial charge on any atom is -0.339 e. The molecule has 2 N–H and O–H groups in total. The average Bonchev–Trinajstić information content (AvgIpc) is 3.37. The number of fused-ring (bicyclic) bond motifs is 1. The first kappa shape index (κ1) is 17.8. The highest BCUT2D eigenvalue weighted by Gasteiger charge is 2.14. The van der Waals surface area contributed by atoms with E-state index in [1.165, 1.54) is 15.3 Å². The van der Waals surface area contributed by atoms with Crippen LogP contribution < -0.4 is 10.6 Å². The van der Waals surface area contributed by atoms with Crippen molar-refractivity contribution in [1.82, 2.24) is 20.2 Å². The molecule has 3 aromatic heterocycles. The highest BCUT2D eigenvalue weighted by atomic mass is 32.1. The molecule has 7 heteroatoms. The number of para-hydroxylation sites is 1. The maximum atomic E-state index is 4.48. The van der Waals surface area contributed by atoms with Gasteiger partial charge in [0.15, 0.2) is 5.82 Å². The van der Waals surface area contributed by atoms with E-state index < -0.39 is 0 Å². The molecule has 142 valence electrons. The number of hydrogen-bond donors (Lipinski definition) is 2. The molecule has 0 saturated carbocycles. The third kappa shape index (κ3) is 3.79. The Labute approximate surface area is 172 Å². The number of hydrogen-bond acceptors (Lipinski definition) is 7. The summed E-state index contributed by atoms with van der Waals surface area (Å²) in [5.41, 5.74) is 3.42. The summed E-state index contributed by atoms with van der Waals surface area (Å²) in [4.78, 5) is 14.0. The third-order valence-corrected chi connectivity index (χ3v) is 7.17. The van der Waals surface area contributed by atoms with Crippen LogP contribution in [0.2, 0.25) is 0 Å². The molecule has 28 heavy (non-hydrogen) atoms. The number of benzene rings is 1. The molecule has 1 aliphatic rings. The molecule has 4 aromatic rings. The first-order chi connectivity index (χ1) is 13.8. The van der Waals surface area contributed by atoms with Gasteiger partial charge in [-0.25, -0.2) is 9.97 Å². The molecule has 5 nitrogen and oxygen atoms in total. The van der Waals surface area contributed by atoms with Gasteiger partial charge in [0.2, 0.25) is 0 Å². The van der Waals surface area contributed by atoms with E-state index in [2.05, 4.69) is 43.0 Å². The number of anilines is 2. The Morgan fingerprint density at radius 2 is 1.89 bits per heavy atom. The van der Waals surface area contributed by atoms with Crippen LogP contribution in [0.25, 0.3) is 20.0 Å². The Hall–Kier alpha value is -2.32. The van der Waals surface area contributed by atoms with E-state index >= 15 is 0 Å². The molecule has 0 atom stereocenters. The second-order valence-electron chi connectivity index (χ2n) is 6.88. The number of thiophene rings is 2. The van der Waals surface area contributed by atoms with Crippen LogP contribution in [0, 0.1) is 0 Å². The summed E-state index contributed by atoms with van der Waals surface area (Å²) in [5.74, 6) is 0.866. The van der Waals surface area contributed by atoms with E-state index in [9.17, 15) is 0 Å². The molecule has 0 spiro atoms. The number of aromatic nitrogens is 2. The number of piperazine rings is 1. The van der Waals surface area contributed by atoms with Crippen LogP contribution in [0.3, 0.4) is 0 Å². The molecule has 0 bridgehead atoms. The van der Waals surface area contributed by atoms with E-state index in [1.807, 2.05) is 41.7 Å². The summed E-state index contributed by atoms with van der Waals surface area (Å²) in [7, 11) is 0. The lowest BCUT2D eigenvalue weighted by molar-refractivity contribution is 0.233. The van der Waals surface area contributed by atoms with Crippen molar-refractivity contribution in [3.05, 3.63) is 59.7 Å². The maximum absolute atomic E-state index is 4.48. The quantitative estimate of drug-likeness (QED) is 0.508. The van der Waals surface area contributed by atoms with Gasteiger partial charge in [0, 0.05) is 48.2 Å². The summed E-state index contributed by atoms with van der Waals surface area (Å²) >= 11 is 3.57. The SMILES string of the molecule is c1ccc(Nc2ncnc3cc(-c4cc(CN5CCNCC5)cs4)sc23)cc1.